The number of rotatable bonds is 9. The van der Waals surface area contributed by atoms with Gasteiger partial charge in [-0.1, -0.05) is 12.8 Å². The molecule has 0 aromatic rings. The van der Waals surface area contributed by atoms with Crippen LogP contribution in [0.3, 0.4) is 0 Å². The van der Waals surface area contributed by atoms with Gasteiger partial charge in [0.15, 0.2) is 0 Å². The third kappa shape index (κ3) is 6.71. The number of aliphatic hydroxyl groups is 1. The highest BCUT2D eigenvalue weighted by Crippen LogP contribution is 2.16. The van der Waals surface area contributed by atoms with E-state index in [0.29, 0.717) is 18.8 Å². The zero-order chi connectivity index (χ0) is 13.4. The van der Waals surface area contributed by atoms with Crippen LogP contribution in [0.5, 0.6) is 0 Å². The second-order valence-corrected chi connectivity index (χ2v) is 5.45. The molecule has 1 rings (SSSR count). The summed E-state index contributed by atoms with van der Waals surface area (Å²) < 4.78 is 0. The molecule has 5 N–H and O–H groups in total. The Bertz CT molecular complexity index is 219. The number of hydrogen-bond acceptors (Lipinski definition) is 5. The van der Waals surface area contributed by atoms with Gasteiger partial charge in [0.2, 0.25) is 0 Å². The van der Waals surface area contributed by atoms with Crippen LogP contribution < -0.4 is 5.73 Å². The Hall–Kier alpha value is -0.135. The van der Waals surface area contributed by atoms with Gasteiger partial charge < -0.3 is 25.8 Å². The molecule has 1 aliphatic heterocycles. The Balaban J connectivity index is 1.98. The number of nitrogens with zero attached hydrogens (tertiary/aromatic N) is 1. The van der Waals surface area contributed by atoms with Crippen LogP contribution in [0.2, 0.25) is 6.32 Å². The van der Waals surface area contributed by atoms with Crippen molar-refractivity contribution in [2.24, 2.45) is 11.7 Å². The van der Waals surface area contributed by atoms with Crippen molar-refractivity contribution in [3.63, 3.8) is 0 Å². The Morgan fingerprint density at radius 3 is 2.67 bits per heavy atom. The first kappa shape index (κ1) is 15.9. The first-order chi connectivity index (χ1) is 8.61. The van der Waals surface area contributed by atoms with E-state index in [1.165, 1.54) is 0 Å². The summed E-state index contributed by atoms with van der Waals surface area (Å²) in [5, 5.41) is 26.5. The SMILES string of the molecule is NC(CCCCB(O)O)CCN1CC[C@@H](CO)C1. The van der Waals surface area contributed by atoms with E-state index >= 15 is 0 Å². The molecule has 0 spiro atoms. The zero-order valence-corrected chi connectivity index (χ0v) is 11.2. The van der Waals surface area contributed by atoms with Crippen LogP contribution in [0.1, 0.15) is 32.1 Å². The highest BCUT2D eigenvalue weighted by Gasteiger charge is 2.21. The van der Waals surface area contributed by atoms with Crippen molar-refractivity contribution in [3.8, 4) is 0 Å². The molecule has 18 heavy (non-hydrogen) atoms. The smallest absolute Gasteiger partial charge is 0.427 e. The monoisotopic (exact) mass is 258 g/mol. The maximum atomic E-state index is 9.06. The summed E-state index contributed by atoms with van der Waals surface area (Å²) in [4.78, 5) is 2.37. The predicted octanol–water partition coefficient (Wildman–Crippen LogP) is -0.339. The fourth-order valence-electron chi connectivity index (χ4n) is 2.49. The highest BCUT2D eigenvalue weighted by molar-refractivity contribution is 6.40. The Morgan fingerprint density at radius 2 is 2.06 bits per heavy atom. The number of likely N-dealkylation sites (tertiary alicyclic amines) is 1. The normalized spacial score (nSPS) is 22.3. The van der Waals surface area contributed by atoms with Crippen LogP contribution in [-0.2, 0) is 0 Å². The van der Waals surface area contributed by atoms with Gasteiger partial charge in [-0.2, -0.15) is 0 Å². The van der Waals surface area contributed by atoms with Crippen LogP contribution in [0.15, 0.2) is 0 Å². The van der Waals surface area contributed by atoms with E-state index in [1.54, 1.807) is 0 Å². The third-order valence-corrected chi connectivity index (χ3v) is 3.73. The van der Waals surface area contributed by atoms with Crippen molar-refractivity contribution in [3.05, 3.63) is 0 Å². The van der Waals surface area contributed by atoms with Gasteiger partial charge in [-0.15, -0.1) is 0 Å². The van der Waals surface area contributed by atoms with E-state index in [4.69, 9.17) is 20.9 Å². The summed E-state index contributed by atoms with van der Waals surface area (Å²) in [5.74, 6) is 0.451. The molecule has 0 bridgehead atoms. The fraction of sp³-hybridized carbons (Fsp3) is 1.00. The lowest BCUT2D eigenvalue weighted by atomic mass is 9.83. The molecule has 1 aliphatic rings. The van der Waals surface area contributed by atoms with Crippen molar-refractivity contribution in [2.45, 2.75) is 44.5 Å². The van der Waals surface area contributed by atoms with Gasteiger partial charge in [0.25, 0.3) is 0 Å². The minimum Gasteiger partial charge on any atom is -0.427 e. The molecule has 1 saturated heterocycles. The largest absolute Gasteiger partial charge is 0.451 e. The molecule has 1 fully saturated rings. The highest BCUT2D eigenvalue weighted by atomic mass is 16.4. The van der Waals surface area contributed by atoms with Crippen LogP contribution in [-0.4, -0.2) is 59.5 Å². The van der Waals surface area contributed by atoms with Gasteiger partial charge in [-0.25, -0.2) is 0 Å². The maximum absolute atomic E-state index is 9.06. The van der Waals surface area contributed by atoms with Gasteiger partial charge in [-0.05, 0) is 44.6 Å². The van der Waals surface area contributed by atoms with Crippen LogP contribution in [0, 0.1) is 5.92 Å². The van der Waals surface area contributed by atoms with E-state index in [2.05, 4.69) is 4.90 Å². The Kier molecular flexibility index (Phi) is 7.85. The van der Waals surface area contributed by atoms with E-state index in [9.17, 15) is 0 Å². The topological polar surface area (TPSA) is 90.0 Å². The minimum absolute atomic E-state index is 0.203. The molecule has 1 unspecified atom stereocenters. The lowest BCUT2D eigenvalue weighted by Crippen LogP contribution is -2.29. The van der Waals surface area contributed by atoms with E-state index in [-0.39, 0.29) is 6.04 Å². The summed E-state index contributed by atoms with van der Waals surface area (Å²) >= 11 is 0. The molecular formula is C12H27BN2O3. The molecule has 0 amide bonds. The number of hydrogen-bond donors (Lipinski definition) is 4. The molecule has 5 nitrogen and oxygen atoms in total. The lowest BCUT2D eigenvalue weighted by molar-refractivity contribution is 0.220. The van der Waals surface area contributed by atoms with Crippen molar-refractivity contribution in [1.82, 2.24) is 4.90 Å². The Labute approximate surface area is 110 Å². The van der Waals surface area contributed by atoms with Crippen molar-refractivity contribution in [1.29, 1.82) is 0 Å². The summed E-state index contributed by atoms with van der Waals surface area (Å²) in [6.45, 7) is 3.39. The van der Waals surface area contributed by atoms with Crippen molar-refractivity contribution in [2.75, 3.05) is 26.2 Å². The first-order valence-corrected chi connectivity index (χ1v) is 7.06. The number of nitrogens with two attached hydrogens (primary N) is 1. The molecule has 0 saturated carbocycles. The van der Waals surface area contributed by atoms with Crippen LogP contribution in [0.25, 0.3) is 0 Å². The molecule has 0 aliphatic carbocycles. The second-order valence-electron chi connectivity index (χ2n) is 5.45. The van der Waals surface area contributed by atoms with Gasteiger partial charge in [-0.3, -0.25) is 0 Å². The maximum Gasteiger partial charge on any atom is 0.451 e. The van der Waals surface area contributed by atoms with Crippen molar-refractivity contribution >= 4 is 7.12 Å². The first-order valence-electron chi connectivity index (χ1n) is 7.06. The van der Waals surface area contributed by atoms with Crippen LogP contribution in [0.4, 0.5) is 0 Å². The second kappa shape index (κ2) is 8.88. The molecular weight excluding hydrogens is 231 g/mol. The van der Waals surface area contributed by atoms with Crippen LogP contribution >= 0.6 is 0 Å². The van der Waals surface area contributed by atoms with Gasteiger partial charge in [0, 0.05) is 19.2 Å². The number of unbranched alkanes of at least 4 members (excludes halogenated alkanes) is 1. The average Bonchev–Trinajstić information content (AvgIpc) is 2.80. The third-order valence-electron chi connectivity index (χ3n) is 3.73. The molecule has 0 radical (unpaired) electrons. The molecule has 0 aromatic carbocycles. The van der Waals surface area contributed by atoms with Crippen molar-refractivity contribution < 1.29 is 15.2 Å². The molecule has 2 atom stereocenters. The lowest BCUT2D eigenvalue weighted by Gasteiger charge is -2.18. The molecule has 106 valence electrons. The summed E-state index contributed by atoms with van der Waals surface area (Å²) in [5.41, 5.74) is 6.03. The molecule has 6 heteroatoms. The quantitative estimate of drug-likeness (QED) is 0.335. The minimum atomic E-state index is -1.18. The summed E-state index contributed by atoms with van der Waals surface area (Å²) in [7, 11) is -1.18. The standard InChI is InChI=1S/C12H27BN2O3/c14-12(3-1-2-6-13(17)18)5-8-15-7-4-11(9-15)10-16/h11-12,16-18H,1-10,14H2/t11-,12?/m1/s1. The Morgan fingerprint density at radius 1 is 1.28 bits per heavy atom. The van der Waals surface area contributed by atoms with E-state index < -0.39 is 7.12 Å². The molecule has 1 heterocycles. The van der Waals surface area contributed by atoms with Gasteiger partial charge in [0.05, 0.1) is 0 Å². The average molecular weight is 258 g/mol. The van der Waals surface area contributed by atoms with Gasteiger partial charge in [0.1, 0.15) is 0 Å². The van der Waals surface area contributed by atoms with E-state index in [1.807, 2.05) is 0 Å². The summed E-state index contributed by atoms with van der Waals surface area (Å²) in [6, 6.07) is 0.203. The zero-order valence-electron chi connectivity index (χ0n) is 11.2. The summed E-state index contributed by atoms with van der Waals surface area (Å²) in [6.07, 6.45) is 5.25. The molecule has 0 aromatic heterocycles. The fourth-order valence-corrected chi connectivity index (χ4v) is 2.49. The van der Waals surface area contributed by atoms with Gasteiger partial charge >= 0.3 is 7.12 Å². The van der Waals surface area contributed by atoms with E-state index in [0.717, 1.165) is 51.7 Å². The number of aliphatic hydroxyl groups excluding tert-OH is 1. The predicted molar refractivity (Wildman–Crippen MR) is 73.1 cm³/mol.